The molecule has 0 aliphatic heterocycles. The second-order valence-electron chi connectivity index (χ2n) is 1.31. The maximum absolute atomic E-state index is 11.4. The lowest BCUT2D eigenvalue weighted by atomic mass is 10.5. The summed E-state index contributed by atoms with van der Waals surface area (Å²) in [7, 11) is 0. The Bertz CT molecular complexity index is 117. The Morgan fingerprint density at radius 2 is 2.00 bits per heavy atom. The zero-order valence-corrected chi connectivity index (χ0v) is 5.51. The van der Waals surface area contributed by atoms with Crippen LogP contribution in [-0.4, -0.2) is 12.4 Å². The first kappa shape index (κ1) is 8.68. The zero-order valence-electron chi connectivity index (χ0n) is 4.70. The van der Waals surface area contributed by atoms with Gasteiger partial charge < -0.3 is 5.73 Å². The van der Waals surface area contributed by atoms with Gasteiger partial charge in [0.15, 0.2) is 0 Å². The number of allylic oxidation sites excluding steroid dienone is 1. The van der Waals surface area contributed by atoms with E-state index >= 15 is 0 Å². The van der Waals surface area contributed by atoms with Crippen molar-refractivity contribution < 1.29 is 13.2 Å². The molecular weight excluding hydrogens is 151 g/mol. The van der Waals surface area contributed by atoms with E-state index in [4.69, 9.17) is 0 Å². The van der Waals surface area contributed by atoms with E-state index in [-0.39, 0.29) is 0 Å². The predicted molar refractivity (Wildman–Crippen MR) is 31.8 cm³/mol. The van der Waals surface area contributed by atoms with Crippen molar-refractivity contribution in [3.8, 4) is 0 Å². The summed E-state index contributed by atoms with van der Waals surface area (Å²) in [6.07, 6.45) is -2.86. The highest BCUT2D eigenvalue weighted by Crippen LogP contribution is 2.22. The van der Waals surface area contributed by atoms with Gasteiger partial charge in [-0.05, 0) is 11.7 Å². The lowest BCUT2D eigenvalue weighted by molar-refractivity contribution is -0.0924. The molecule has 0 saturated heterocycles. The van der Waals surface area contributed by atoms with Crippen LogP contribution in [0.1, 0.15) is 0 Å². The number of alkyl halides is 3. The maximum atomic E-state index is 11.4. The normalized spacial score (nSPS) is 14.0. The molecule has 0 atom stereocenters. The molecule has 0 amide bonds. The third-order valence-corrected chi connectivity index (χ3v) is 1.06. The third-order valence-electron chi connectivity index (χ3n) is 0.572. The largest absolute Gasteiger partial charge is 0.431 e. The summed E-state index contributed by atoms with van der Waals surface area (Å²) in [5.74, 6) is 0. The summed E-state index contributed by atoms with van der Waals surface area (Å²) < 4.78 is 34.3. The summed E-state index contributed by atoms with van der Waals surface area (Å²) in [5.41, 5.74) is 3.53. The highest BCUT2D eigenvalue weighted by atomic mass is 32.2. The number of nitrogens with two attached hydrogens (primary N) is 1. The molecule has 5 heteroatoms. The van der Waals surface area contributed by atoms with Crippen LogP contribution in [0, 0.1) is 0 Å². The van der Waals surface area contributed by atoms with Crippen LogP contribution in [0.4, 0.5) is 13.2 Å². The van der Waals surface area contributed by atoms with Gasteiger partial charge in [-0.15, -0.1) is 11.8 Å². The first-order chi connectivity index (χ1) is 3.98. The Hall–Kier alpha value is -0.320. The van der Waals surface area contributed by atoms with Crippen molar-refractivity contribution in [1.29, 1.82) is 0 Å². The SMILES string of the molecule is CS/C=C(\N)C(F)(F)F. The van der Waals surface area contributed by atoms with E-state index in [9.17, 15) is 13.2 Å². The summed E-state index contributed by atoms with van der Waals surface area (Å²) in [4.78, 5) is 0. The van der Waals surface area contributed by atoms with Crippen LogP contribution >= 0.6 is 11.8 Å². The van der Waals surface area contributed by atoms with Crippen LogP contribution in [0.2, 0.25) is 0 Å². The van der Waals surface area contributed by atoms with Gasteiger partial charge >= 0.3 is 6.18 Å². The molecule has 0 unspecified atom stereocenters. The first-order valence-corrected chi connectivity index (χ1v) is 3.33. The fourth-order valence-corrected chi connectivity index (χ4v) is 0.581. The van der Waals surface area contributed by atoms with Gasteiger partial charge in [-0.3, -0.25) is 0 Å². The summed E-state index contributed by atoms with van der Waals surface area (Å²) in [5, 5.41) is 0.861. The molecule has 0 rings (SSSR count). The molecule has 0 fully saturated rings. The Morgan fingerprint density at radius 1 is 1.56 bits per heavy atom. The highest BCUT2D eigenvalue weighted by Gasteiger charge is 2.30. The molecule has 0 radical (unpaired) electrons. The molecular formula is C4H6F3NS. The van der Waals surface area contributed by atoms with Crippen LogP contribution in [-0.2, 0) is 0 Å². The molecule has 0 aliphatic carbocycles. The van der Waals surface area contributed by atoms with Gasteiger partial charge in [-0.2, -0.15) is 13.2 Å². The van der Waals surface area contributed by atoms with Gasteiger partial charge in [0, 0.05) is 0 Å². The Balaban J connectivity index is 4.03. The van der Waals surface area contributed by atoms with E-state index in [2.05, 4.69) is 5.73 Å². The fourth-order valence-electron chi connectivity index (χ4n) is 0.194. The topological polar surface area (TPSA) is 26.0 Å². The predicted octanol–water partition coefficient (Wildman–Crippen LogP) is 1.71. The standard InChI is InChI=1S/C4H6F3NS/c1-9-2-3(8)4(5,6)7/h2H,8H2,1H3/b3-2-. The fraction of sp³-hybridized carbons (Fsp3) is 0.500. The molecule has 54 valence electrons. The molecule has 0 aromatic rings. The average Bonchev–Trinajstić information content (AvgIpc) is 1.64. The number of rotatable bonds is 1. The minimum atomic E-state index is -4.37. The minimum absolute atomic E-state index is 0.861. The van der Waals surface area contributed by atoms with Gasteiger partial charge in [0.25, 0.3) is 0 Å². The van der Waals surface area contributed by atoms with Crippen molar-refractivity contribution >= 4 is 11.8 Å². The molecule has 2 N–H and O–H groups in total. The third kappa shape index (κ3) is 3.29. The molecule has 9 heavy (non-hydrogen) atoms. The van der Waals surface area contributed by atoms with Crippen LogP contribution in [0.3, 0.4) is 0 Å². The van der Waals surface area contributed by atoms with Gasteiger partial charge in [0.1, 0.15) is 5.70 Å². The monoisotopic (exact) mass is 157 g/mol. The van der Waals surface area contributed by atoms with Gasteiger partial charge in [0.2, 0.25) is 0 Å². The van der Waals surface area contributed by atoms with E-state index in [1.807, 2.05) is 0 Å². The zero-order chi connectivity index (χ0) is 7.49. The van der Waals surface area contributed by atoms with E-state index in [1.165, 1.54) is 6.26 Å². The highest BCUT2D eigenvalue weighted by molar-refractivity contribution is 8.01. The van der Waals surface area contributed by atoms with Gasteiger partial charge in [0.05, 0.1) is 0 Å². The first-order valence-electron chi connectivity index (χ1n) is 2.04. The number of thioether (sulfide) groups is 1. The second kappa shape index (κ2) is 3.00. The Morgan fingerprint density at radius 3 is 2.11 bits per heavy atom. The molecule has 0 aromatic carbocycles. The molecule has 0 aromatic heterocycles. The minimum Gasteiger partial charge on any atom is -0.394 e. The van der Waals surface area contributed by atoms with Crippen LogP contribution in [0.5, 0.6) is 0 Å². The van der Waals surface area contributed by atoms with Crippen LogP contribution in [0.25, 0.3) is 0 Å². The van der Waals surface area contributed by atoms with Crippen molar-refractivity contribution in [2.75, 3.05) is 6.26 Å². The van der Waals surface area contributed by atoms with Crippen LogP contribution in [0.15, 0.2) is 11.1 Å². The van der Waals surface area contributed by atoms with E-state index in [0.717, 1.165) is 17.2 Å². The lowest BCUT2D eigenvalue weighted by Crippen LogP contribution is -2.18. The summed E-state index contributed by atoms with van der Waals surface area (Å²) >= 11 is 0.930. The van der Waals surface area contributed by atoms with E-state index in [0.29, 0.717) is 0 Å². The molecule has 0 bridgehead atoms. The number of hydrogen-bond donors (Lipinski definition) is 1. The summed E-state index contributed by atoms with van der Waals surface area (Å²) in [6, 6.07) is 0. The Kier molecular flexibility index (Phi) is 2.90. The summed E-state index contributed by atoms with van der Waals surface area (Å²) in [6.45, 7) is 0. The molecule has 0 heterocycles. The molecule has 0 saturated carbocycles. The van der Waals surface area contributed by atoms with Crippen molar-refractivity contribution in [2.45, 2.75) is 6.18 Å². The molecule has 0 spiro atoms. The average molecular weight is 157 g/mol. The number of hydrogen-bond acceptors (Lipinski definition) is 2. The van der Waals surface area contributed by atoms with Gasteiger partial charge in [-0.25, -0.2) is 0 Å². The van der Waals surface area contributed by atoms with Crippen molar-refractivity contribution in [1.82, 2.24) is 0 Å². The second-order valence-corrected chi connectivity index (χ2v) is 2.01. The number of halogens is 3. The van der Waals surface area contributed by atoms with Crippen molar-refractivity contribution in [2.24, 2.45) is 5.73 Å². The van der Waals surface area contributed by atoms with Gasteiger partial charge in [-0.1, -0.05) is 0 Å². The smallest absolute Gasteiger partial charge is 0.394 e. The van der Waals surface area contributed by atoms with E-state index in [1.54, 1.807) is 0 Å². The van der Waals surface area contributed by atoms with Crippen LogP contribution < -0.4 is 5.73 Å². The molecule has 0 aliphatic rings. The quantitative estimate of drug-likeness (QED) is 0.627. The van der Waals surface area contributed by atoms with E-state index < -0.39 is 11.9 Å². The van der Waals surface area contributed by atoms with Crippen molar-refractivity contribution in [3.05, 3.63) is 11.1 Å². The van der Waals surface area contributed by atoms with Crippen molar-refractivity contribution in [3.63, 3.8) is 0 Å². The Labute approximate surface area is 55.1 Å². The lowest BCUT2D eigenvalue weighted by Gasteiger charge is -2.03. The molecule has 1 nitrogen and oxygen atoms in total. The maximum Gasteiger partial charge on any atom is 0.431 e.